The molecule has 0 aromatic carbocycles. The van der Waals surface area contributed by atoms with Gasteiger partial charge in [-0.2, -0.15) is 0 Å². The van der Waals surface area contributed by atoms with E-state index in [-0.39, 0.29) is 30.8 Å². The van der Waals surface area contributed by atoms with Crippen LogP contribution in [0.25, 0.3) is 0 Å². The van der Waals surface area contributed by atoms with E-state index < -0.39 is 18.1 Å². The van der Waals surface area contributed by atoms with Crippen LogP contribution in [-0.4, -0.2) is 59.0 Å². The smallest absolute Gasteiger partial charge is 0.326 e. The molecule has 5 fully saturated rings. The van der Waals surface area contributed by atoms with Crippen molar-refractivity contribution in [3.63, 3.8) is 0 Å². The first kappa shape index (κ1) is 30.8. The van der Waals surface area contributed by atoms with Crippen LogP contribution in [0.5, 0.6) is 0 Å². The van der Waals surface area contributed by atoms with Gasteiger partial charge in [-0.15, -0.1) is 0 Å². The van der Waals surface area contributed by atoms with Gasteiger partial charge in [0.2, 0.25) is 11.8 Å². The third kappa shape index (κ3) is 5.93. The Kier molecular flexibility index (Phi) is 9.39. The third-order valence-electron chi connectivity index (χ3n) is 13.0. The molecule has 2 amide bonds. The average molecular weight is 573 g/mol. The highest BCUT2D eigenvalue weighted by Crippen LogP contribution is 2.67. The summed E-state index contributed by atoms with van der Waals surface area (Å²) in [5.74, 6) is 2.68. The number of carbonyl (C=O) groups excluding carboxylic acids is 2. The quantitative estimate of drug-likeness (QED) is 0.286. The number of carbonyl (C=O) groups is 3. The first-order chi connectivity index (χ1) is 19.6. The largest absolute Gasteiger partial charge is 0.480 e. The lowest BCUT2D eigenvalue weighted by Gasteiger charge is -2.60. The molecule has 1 aliphatic heterocycles. The maximum absolute atomic E-state index is 13.1. The number of hydrogen-bond donors (Lipinski definition) is 4. The molecule has 8 heteroatoms. The van der Waals surface area contributed by atoms with Gasteiger partial charge < -0.3 is 26.8 Å². The van der Waals surface area contributed by atoms with Crippen molar-refractivity contribution in [2.75, 3.05) is 13.1 Å². The van der Waals surface area contributed by atoms with E-state index in [1.807, 2.05) is 0 Å². The number of carboxylic acids is 1. The van der Waals surface area contributed by atoms with Gasteiger partial charge in [0.05, 0.1) is 6.04 Å². The van der Waals surface area contributed by atoms with E-state index in [0.29, 0.717) is 36.1 Å². The van der Waals surface area contributed by atoms with Crippen LogP contribution in [0.3, 0.4) is 0 Å². The van der Waals surface area contributed by atoms with Crippen molar-refractivity contribution < 1.29 is 19.5 Å². The van der Waals surface area contributed by atoms with Gasteiger partial charge in [-0.1, -0.05) is 33.1 Å². The highest BCUT2D eigenvalue weighted by atomic mass is 16.4. The Labute approximate surface area is 247 Å². The number of amides is 2. The van der Waals surface area contributed by atoms with Gasteiger partial charge in [0.1, 0.15) is 6.04 Å². The molecule has 0 spiro atoms. The zero-order chi connectivity index (χ0) is 29.4. The second kappa shape index (κ2) is 12.5. The van der Waals surface area contributed by atoms with Gasteiger partial charge in [0.15, 0.2) is 0 Å². The molecular formula is C33H56N4O4. The summed E-state index contributed by atoms with van der Waals surface area (Å²) in [5, 5.41) is 12.8. The summed E-state index contributed by atoms with van der Waals surface area (Å²) >= 11 is 0. The van der Waals surface area contributed by atoms with E-state index >= 15 is 0 Å². The molecule has 1 heterocycles. The van der Waals surface area contributed by atoms with Gasteiger partial charge in [-0.05, 0) is 118 Å². The van der Waals surface area contributed by atoms with Crippen LogP contribution in [0, 0.1) is 40.4 Å². The van der Waals surface area contributed by atoms with E-state index in [0.717, 1.165) is 42.9 Å². The van der Waals surface area contributed by atoms with E-state index in [4.69, 9.17) is 11.5 Å². The lowest BCUT2D eigenvalue weighted by atomic mass is 9.45. The van der Waals surface area contributed by atoms with Crippen LogP contribution in [0.4, 0.5) is 0 Å². The molecule has 1 saturated heterocycles. The SMILES string of the molecule is C[C@]12CCCCC1CCC1C2CC[C@]2(C)C(CCC(=O)N[C@H]3C[C@@H](C(=O)O)N(C(=O)C(N)CCCCN)C3)CCC12. The number of fused-ring (bicyclic) bond motifs is 5. The zero-order valence-electron chi connectivity index (χ0n) is 25.6. The molecule has 232 valence electrons. The van der Waals surface area contributed by atoms with Gasteiger partial charge in [0, 0.05) is 25.4 Å². The number of hydrogen-bond acceptors (Lipinski definition) is 5. The first-order valence-electron chi connectivity index (χ1n) is 16.9. The topological polar surface area (TPSA) is 139 Å². The minimum Gasteiger partial charge on any atom is -0.480 e. The maximum atomic E-state index is 13.1. The van der Waals surface area contributed by atoms with Crippen molar-refractivity contribution in [2.24, 2.45) is 51.9 Å². The minimum absolute atomic E-state index is 0.0170. The molecule has 41 heavy (non-hydrogen) atoms. The zero-order valence-corrected chi connectivity index (χ0v) is 25.6. The molecule has 4 aliphatic carbocycles. The maximum Gasteiger partial charge on any atom is 0.326 e. The van der Waals surface area contributed by atoms with Gasteiger partial charge in [-0.3, -0.25) is 9.59 Å². The molecule has 0 radical (unpaired) electrons. The van der Waals surface area contributed by atoms with Crippen molar-refractivity contribution in [3.8, 4) is 0 Å². The summed E-state index contributed by atoms with van der Waals surface area (Å²) in [5.41, 5.74) is 12.5. The Hall–Kier alpha value is -1.67. The molecular weight excluding hydrogens is 516 g/mol. The van der Waals surface area contributed by atoms with E-state index in [1.54, 1.807) is 0 Å². The summed E-state index contributed by atoms with van der Waals surface area (Å²) in [4.78, 5) is 39.4. The Morgan fingerprint density at radius 3 is 2.51 bits per heavy atom. The highest BCUT2D eigenvalue weighted by molar-refractivity contribution is 5.88. The lowest BCUT2D eigenvalue weighted by molar-refractivity contribution is -0.148. The van der Waals surface area contributed by atoms with Crippen LogP contribution in [0.1, 0.15) is 117 Å². The molecule has 4 saturated carbocycles. The number of nitrogens with two attached hydrogens (primary N) is 2. The number of unbranched alkanes of at least 4 members (excludes halogenated alkanes) is 1. The van der Waals surface area contributed by atoms with E-state index in [2.05, 4.69) is 19.2 Å². The summed E-state index contributed by atoms with van der Waals surface area (Å²) in [6.07, 6.45) is 17.4. The van der Waals surface area contributed by atoms with Crippen LogP contribution in [0.2, 0.25) is 0 Å². The molecule has 8 nitrogen and oxygen atoms in total. The number of nitrogens with one attached hydrogen (secondary N) is 1. The predicted octanol–water partition coefficient (Wildman–Crippen LogP) is 4.44. The van der Waals surface area contributed by atoms with Crippen molar-refractivity contribution in [2.45, 2.75) is 135 Å². The van der Waals surface area contributed by atoms with Crippen LogP contribution < -0.4 is 16.8 Å². The fourth-order valence-electron chi connectivity index (χ4n) is 10.7. The van der Waals surface area contributed by atoms with Crippen molar-refractivity contribution in [3.05, 3.63) is 0 Å². The monoisotopic (exact) mass is 572 g/mol. The van der Waals surface area contributed by atoms with E-state index in [1.165, 1.54) is 69.1 Å². The van der Waals surface area contributed by atoms with Crippen LogP contribution in [0.15, 0.2) is 0 Å². The number of nitrogens with zero attached hydrogens (tertiary/aromatic N) is 1. The molecule has 0 aromatic rings. The molecule has 6 N–H and O–H groups in total. The third-order valence-corrected chi connectivity index (χ3v) is 13.0. The molecule has 0 aromatic heterocycles. The summed E-state index contributed by atoms with van der Waals surface area (Å²) in [6, 6.07) is -2.03. The number of likely N-dealkylation sites (tertiary alicyclic amines) is 1. The van der Waals surface area contributed by atoms with Crippen LogP contribution in [-0.2, 0) is 14.4 Å². The van der Waals surface area contributed by atoms with E-state index in [9.17, 15) is 19.5 Å². The van der Waals surface area contributed by atoms with Crippen molar-refractivity contribution in [1.29, 1.82) is 0 Å². The lowest BCUT2D eigenvalue weighted by Crippen LogP contribution is -2.52. The minimum atomic E-state index is -1.04. The molecule has 5 aliphatic rings. The fraction of sp³-hybridized carbons (Fsp3) is 0.909. The Bertz CT molecular complexity index is 975. The first-order valence-corrected chi connectivity index (χ1v) is 16.9. The van der Waals surface area contributed by atoms with Crippen molar-refractivity contribution >= 4 is 17.8 Å². The predicted molar refractivity (Wildman–Crippen MR) is 160 cm³/mol. The average Bonchev–Trinajstić information content (AvgIpc) is 3.52. The van der Waals surface area contributed by atoms with Gasteiger partial charge >= 0.3 is 5.97 Å². The normalized spacial score (nSPS) is 40.8. The molecule has 6 unspecified atom stereocenters. The van der Waals surface area contributed by atoms with Crippen LogP contribution >= 0.6 is 0 Å². The molecule has 10 atom stereocenters. The van der Waals surface area contributed by atoms with Gasteiger partial charge in [-0.25, -0.2) is 4.79 Å². The van der Waals surface area contributed by atoms with Gasteiger partial charge in [0.25, 0.3) is 0 Å². The highest BCUT2D eigenvalue weighted by Gasteiger charge is 2.59. The Morgan fingerprint density at radius 2 is 1.76 bits per heavy atom. The second-order valence-electron chi connectivity index (χ2n) is 15.0. The summed E-state index contributed by atoms with van der Waals surface area (Å²) in [7, 11) is 0. The standard InChI is InChI=1S/C33H56N4O4/c1-32-16-5-3-7-21(32)9-12-24-25-13-10-22(33(25,2)17-15-26(24)32)11-14-29(38)36-23-19-28(31(40)41)37(20-23)30(39)27(35)8-4-6-18-34/h21-28H,3-20,34-35H2,1-2H3,(H,36,38)(H,40,41)/t21?,22?,23-,24?,25?,26?,27?,28-,32-,33+/m0/s1. The molecule has 0 bridgehead atoms. The molecule has 5 rings (SSSR count). The second-order valence-corrected chi connectivity index (χ2v) is 15.0. The number of aliphatic carboxylic acids is 1. The summed E-state index contributed by atoms with van der Waals surface area (Å²) < 4.78 is 0. The number of rotatable bonds is 10. The van der Waals surface area contributed by atoms with Crippen molar-refractivity contribution in [1.82, 2.24) is 10.2 Å². The summed E-state index contributed by atoms with van der Waals surface area (Å²) in [6.45, 7) is 5.92. The Balaban J connectivity index is 1.13. The fourth-order valence-corrected chi connectivity index (χ4v) is 10.7. The Morgan fingerprint density at radius 1 is 0.976 bits per heavy atom. The number of carboxylic acid groups (broad SMARTS) is 1.